The SMILES string of the molecule is COC(=O)c1cnc(C2CCN(C(=N)c3c(O)cccc3C(F)(F)F)CC2)c(Cl)c1. The number of esters is 1. The zero-order valence-electron chi connectivity index (χ0n) is 16.0. The molecule has 1 aliphatic rings. The van der Waals surface area contributed by atoms with Crippen molar-refractivity contribution in [3.05, 3.63) is 57.9 Å². The van der Waals surface area contributed by atoms with Gasteiger partial charge in [0.1, 0.15) is 11.6 Å². The third-order valence-electron chi connectivity index (χ3n) is 5.07. The second-order valence-corrected chi connectivity index (χ2v) is 7.30. The molecule has 0 saturated carbocycles. The number of piperidine rings is 1. The number of halogens is 4. The maximum atomic E-state index is 13.3. The maximum Gasteiger partial charge on any atom is 0.417 e. The zero-order valence-corrected chi connectivity index (χ0v) is 16.7. The van der Waals surface area contributed by atoms with Crippen molar-refractivity contribution in [3.63, 3.8) is 0 Å². The number of likely N-dealkylation sites (tertiary alicyclic amines) is 1. The third-order valence-corrected chi connectivity index (χ3v) is 5.38. The predicted octanol–water partition coefficient (Wildman–Crippen LogP) is 4.45. The van der Waals surface area contributed by atoms with Crippen LogP contribution in [0.5, 0.6) is 5.75 Å². The Morgan fingerprint density at radius 2 is 2.00 bits per heavy atom. The van der Waals surface area contributed by atoms with Gasteiger partial charge in [0.25, 0.3) is 0 Å². The minimum absolute atomic E-state index is 0.0697. The molecule has 3 rings (SSSR count). The largest absolute Gasteiger partial charge is 0.507 e. The van der Waals surface area contributed by atoms with Crippen LogP contribution in [-0.2, 0) is 10.9 Å². The van der Waals surface area contributed by atoms with Gasteiger partial charge in [-0.2, -0.15) is 13.2 Å². The van der Waals surface area contributed by atoms with Crippen molar-refractivity contribution in [2.45, 2.75) is 24.9 Å². The molecule has 1 aliphatic heterocycles. The molecule has 2 N–H and O–H groups in total. The van der Waals surface area contributed by atoms with Gasteiger partial charge < -0.3 is 14.7 Å². The van der Waals surface area contributed by atoms with E-state index in [-0.39, 0.29) is 17.3 Å². The number of aromatic hydroxyl groups is 1. The number of aromatic nitrogens is 1. The number of carbonyl (C=O) groups is 1. The number of phenols is 1. The minimum Gasteiger partial charge on any atom is -0.507 e. The molecule has 10 heteroatoms. The number of nitrogens with one attached hydrogen (secondary N) is 1. The molecule has 1 aromatic carbocycles. The Kier molecular flexibility index (Phi) is 6.21. The lowest BCUT2D eigenvalue weighted by Crippen LogP contribution is -2.39. The lowest BCUT2D eigenvalue weighted by atomic mass is 9.92. The van der Waals surface area contributed by atoms with Crippen LogP contribution < -0.4 is 0 Å². The van der Waals surface area contributed by atoms with Crippen molar-refractivity contribution in [2.24, 2.45) is 0 Å². The molecular formula is C20H19ClF3N3O3. The molecule has 1 saturated heterocycles. The molecule has 30 heavy (non-hydrogen) atoms. The lowest BCUT2D eigenvalue weighted by Gasteiger charge is -2.34. The third kappa shape index (κ3) is 4.35. The quantitative estimate of drug-likeness (QED) is 0.417. The topological polar surface area (TPSA) is 86.5 Å². The number of nitrogens with zero attached hydrogens (tertiary/aromatic N) is 2. The molecule has 160 valence electrons. The highest BCUT2D eigenvalue weighted by Crippen LogP contribution is 2.38. The number of ether oxygens (including phenoxy) is 1. The molecule has 0 amide bonds. The summed E-state index contributed by atoms with van der Waals surface area (Å²) in [5.41, 5.74) is -0.751. The second kappa shape index (κ2) is 8.51. The molecule has 2 aromatic rings. The molecular weight excluding hydrogens is 423 g/mol. The standard InChI is InChI=1S/C20H19ClF3N3O3/c1-30-19(29)12-9-14(21)17(26-10-12)11-5-7-27(8-6-11)18(25)16-13(20(22,23)24)3-2-4-15(16)28/h2-4,9-11,25,28H,5-8H2,1H3. The number of pyridine rings is 1. The average molecular weight is 442 g/mol. The highest BCUT2D eigenvalue weighted by Gasteiger charge is 2.37. The number of methoxy groups -OCH3 is 1. The van der Waals surface area contributed by atoms with E-state index in [9.17, 15) is 23.1 Å². The Bertz CT molecular complexity index is 973. The minimum atomic E-state index is -4.68. The molecule has 0 spiro atoms. The van der Waals surface area contributed by atoms with Crippen LogP contribution >= 0.6 is 11.6 Å². The summed E-state index contributed by atoms with van der Waals surface area (Å²) in [6.45, 7) is 0.595. The van der Waals surface area contributed by atoms with Crippen molar-refractivity contribution in [2.75, 3.05) is 20.2 Å². The van der Waals surface area contributed by atoms with Gasteiger partial charge >= 0.3 is 12.1 Å². The summed E-state index contributed by atoms with van der Waals surface area (Å²) in [4.78, 5) is 17.3. The normalized spacial score (nSPS) is 15.2. The summed E-state index contributed by atoms with van der Waals surface area (Å²) < 4.78 is 44.6. The van der Waals surface area contributed by atoms with Crippen LogP contribution in [-0.4, -0.2) is 47.0 Å². The van der Waals surface area contributed by atoms with Crippen LogP contribution in [0.25, 0.3) is 0 Å². The van der Waals surface area contributed by atoms with E-state index in [0.717, 1.165) is 18.2 Å². The number of alkyl halides is 3. The van der Waals surface area contributed by atoms with Gasteiger partial charge in [-0.1, -0.05) is 17.7 Å². The number of hydrogen-bond donors (Lipinski definition) is 2. The van der Waals surface area contributed by atoms with E-state index in [2.05, 4.69) is 9.72 Å². The van der Waals surface area contributed by atoms with Gasteiger partial charge in [0, 0.05) is 25.2 Å². The van der Waals surface area contributed by atoms with Crippen LogP contribution in [0.1, 0.15) is 45.9 Å². The number of rotatable bonds is 3. The Morgan fingerprint density at radius 1 is 1.33 bits per heavy atom. The number of benzene rings is 1. The van der Waals surface area contributed by atoms with E-state index in [0.29, 0.717) is 36.6 Å². The Labute approximate surface area is 175 Å². The van der Waals surface area contributed by atoms with Crippen LogP contribution in [0, 0.1) is 5.41 Å². The van der Waals surface area contributed by atoms with E-state index < -0.39 is 29.0 Å². The van der Waals surface area contributed by atoms with Crippen molar-refractivity contribution in [1.29, 1.82) is 5.41 Å². The fourth-order valence-corrected chi connectivity index (χ4v) is 3.86. The van der Waals surface area contributed by atoms with E-state index in [1.165, 1.54) is 24.3 Å². The highest BCUT2D eigenvalue weighted by molar-refractivity contribution is 6.31. The number of amidine groups is 1. The van der Waals surface area contributed by atoms with Crippen LogP contribution in [0.3, 0.4) is 0 Å². The Morgan fingerprint density at radius 3 is 2.57 bits per heavy atom. The first kappa shape index (κ1) is 21.9. The zero-order chi connectivity index (χ0) is 22.1. The van der Waals surface area contributed by atoms with Crippen LogP contribution in [0.4, 0.5) is 13.2 Å². The number of hydrogen-bond acceptors (Lipinski definition) is 5. The fourth-order valence-electron chi connectivity index (χ4n) is 3.54. The van der Waals surface area contributed by atoms with E-state index in [1.54, 1.807) is 0 Å². The monoisotopic (exact) mass is 441 g/mol. The summed E-state index contributed by atoms with van der Waals surface area (Å²) in [6, 6.07) is 4.57. The van der Waals surface area contributed by atoms with Gasteiger partial charge in [-0.25, -0.2) is 4.79 Å². The van der Waals surface area contributed by atoms with Crippen molar-refractivity contribution in [3.8, 4) is 5.75 Å². The predicted molar refractivity (Wildman–Crippen MR) is 104 cm³/mol. The molecule has 1 aromatic heterocycles. The van der Waals surface area contributed by atoms with E-state index in [1.807, 2.05) is 0 Å². The van der Waals surface area contributed by atoms with Gasteiger partial charge in [0.2, 0.25) is 0 Å². The van der Waals surface area contributed by atoms with Gasteiger partial charge in [-0.05, 0) is 31.0 Å². The summed E-state index contributed by atoms with van der Waals surface area (Å²) in [5.74, 6) is -1.58. The van der Waals surface area contributed by atoms with Crippen LogP contribution in [0.15, 0.2) is 30.5 Å². The van der Waals surface area contributed by atoms with Gasteiger partial charge in [-0.15, -0.1) is 0 Å². The lowest BCUT2D eigenvalue weighted by molar-refractivity contribution is -0.137. The smallest absolute Gasteiger partial charge is 0.417 e. The first-order valence-electron chi connectivity index (χ1n) is 9.10. The fraction of sp³-hybridized carbons (Fsp3) is 0.350. The van der Waals surface area contributed by atoms with Crippen molar-refractivity contribution in [1.82, 2.24) is 9.88 Å². The molecule has 0 bridgehead atoms. The number of phenolic OH excluding ortho intramolecular Hbond substituents is 1. The van der Waals surface area contributed by atoms with Gasteiger partial charge in [-0.3, -0.25) is 10.4 Å². The molecule has 0 radical (unpaired) electrons. The maximum absolute atomic E-state index is 13.3. The van der Waals surface area contributed by atoms with E-state index >= 15 is 0 Å². The van der Waals surface area contributed by atoms with Crippen LogP contribution in [0.2, 0.25) is 5.02 Å². The molecule has 2 heterocycles. The highest BCUT2D eigenvalue weighted by atomic mass is 35.5. The van der Waals surface area contributed by atoms with E-state index in [4.69, 9.17) is 17.0 Å². The van der Waals surface area contributed by atoms with Crippen molar-refractivity contribution >= 4 is 23.4 Å². The first-order chi connectivity index (χ1) is 14.1. The number of carbonyl (C=O) groups excluding carboxylic acids is 1. The average Bonchev–Trinajstić information content (AvgIpc) is 2.72. The molecule has 1 fully saturated rings. The summed E-state index contributed by atoms with van der Waals surface area (Å²) >= 11 is 6.27. The summed E-state index contributed by atoms with van der Waals surface area (Å²) in [6.07, 6.45) is -2.31. The molecule has 0 aliphatic carbocycles. The summed E-state index contributed by atoms with van der Waals surface area (Å²) in [7, 11) is 1.25. The van der Waals surface area contributed by atoms with Gasteiger partial charge in [0.05, 0.1) is 34.5 Å². The summed E-state index contributed by atoms with van der Waals surface area (Å²) in [5, 5.41) is 18.6. The Hall–Kier alpha value is -2.81. The molecule has 0 atom stereocenters. The Balaban J connectivity index is 1.76. The molecule has 6 nitrogen and oxygen atoms in total. The molecule has 0 unspecified atom stereocenters. The van der Waals surface area contributed by atoms with Crippen molar-refractivity contribution < 1.29 is 27.8 Å². The first-order valence-corrected chi connectivity index (χ1v) is 9.48. The van der Waals surface area contributed by atoms with Gasteiger partial charge in [0.15, 0.2) is 0 Å². The second-order valence-electron chi connectivity index (χ2n) is 6.89.